The highest BCUT2D eigenvalue weighted by atomic mass is 19.1. The Kier molecular flexibility index (Phi) is 2.25. The molecule has 0 aliphatic heterocycles. The molecule has 2 aromatic rings. The van der Waals surface area contributed by atoms with Gasteiger partial charge in [-0.2, -0.15) is 0 Å². The van der Waals surface area contributed by atoms with Crippen LogP contribution in [0.5, 0.6) is 0 Å². The molecule has 2 rings (SSSR count). The third-order valence-corrected chi connectivity index (χ3v) is 2.17. The Morgan fingerprint density at radius 1 is 1.00 bits per heavy atom. The fourth-order valence-corrected chi connectivity index (χ4v) is 1.35. The van der Waals surface area contributed by atoms with Crippen molar-refractivity contribution in [2.45, 2.75) is 0 Å². The van der Waals surface area contributed by atoms with Gasteiger partial charge in [-0.15, -0.1) is 0 Å². The van der Waals surface area contributed by atoms with E-state index in [-0.39, 0.29) is 5.82 Å². The summed E-state index contributed by atoms with van der Waals surface area (Å²) in [7, 11) is 0. The van der Waals surface area contributed by atoms with Crippen LogP contribution in [0.1, 0.15) is 0 Å². The minimum atomic E-state index is -0.283. The topological polar surface area (TPSA) is 64.9 Å². The highest BCUT2D eigenvalue weighted by molar-refractivity contribution is 5.82. The van der Waals surface area contributed by atoms with Gasteiger partial charge in [-0.3, -0.25) is 4.98 Å². The molecular formula is C11H10FN3. The number of halogens is 1. The lowest BCUT2D eigenvalue weighted by Crippen LogP contribution is -1.98. The van der Waals surface area contributed by atoms with Gasteiger partial charge in [-0.25, -0.2) is 4.39 Å². The van der Waals surface area contributed by atoms with Crippen molar-refractivity contribution in [3.05, 3.63) is 42.5 Å². The van der Waals surface area contributed by atoms with Crippen LogP contribution in [-0.2, 0) is 0 Å². The third kappa shape index (κ3) is 1.74. The van der Waals surface area contributed by atoms with Crippen LogP contribution in [0.25, 0.3) is 11.1 Å². The number of aromatic nitrogens is 1. The summed E-state index contributed by atoms with van der Waals surface area (Å²) in [5.41, 5.74) is 13.8. The van der Waals surface area contributed by atoms with Crippen molar-refractivity contribution in [2.24, 2.45) is 0 Å². The summed E-state index contributed by atoms with van der Waals surface area (Å²) >= 11 is 0. The second-order valence-electron chi connectivity index (χ2n) is 3.20. The van der Waals surface area contributed by atoms with Crippen LogP contribution in [0.2, 0.25) is 0 Å². The van der Waals surface area contributed by atoms with Crippen LogP contribution < -0.4 is 11.5 Å². The van der Waals surface area contributed by atoms with Gasteiger partial charge in [0.1, 0.15) is 5.82 Å². The Balaban J connectivity index is 2.54. The third-order valence-electron chi connectivity index (χ3n) is 2.17. The molecule has 0 aliphatic carbocycles. The standard InChI is InChI=1S/C11H10FN3/c12-8-3-1-7(2-4-8)9-5-15-6-10(13)11(9)14/h1-6H,13H2,(H2,14,15). The molecule has 1 heterocycles. The number of nitrogens with zero attached hydrogens (tertiary/aromatic N) is 1. The SMILES string of the molecule is Nc1cncc(-c2ccc(F)cc2)c1N. The second-order valence-corrected chi connectivity index (χ2v) is 3.20. The molecule has 0 atom stereocenters. The van der Waals surface area contributed by atoms with Gasteiger partial charge < -0.3 is 11.5 Å². The lowest BCUT2D eigenvalue weighted by Gasteiger charge is -2.06. The Labute approximate surface area is 86.6 Å². The first-order chi connectivity index (χ1) is 7.18. The van der Waals surface area contributed by atoms with Gasteiger partial charge in [0.05, 0.1) is 17.6 Å². The molecule has 0 saturated carbocycles. The van der Waals surface area contributed by atoms with Crippen molar-refractivity contribution in [2.75, 3.05) is 11.5 Å². The summed E-state index contributed by atoms with van der Waals surface area (Å²) in [5, 5.41) is 0. The molecule has 0 saturated heterocycles. The maximum atomic E-state index is 12.7. The normalized spacial score (nSPS) is 10.2. The van der Waals surface area contributed by atoms with Crippen LogP contribution >= 0.6 is 0 Å². The number of hydrogen-bond donors (Lipinski definition) is 2. The summed E-state index contributed by atoms with van der Waals surface area (Å²) in [4.78, 5) is 3.95. The second kappa shape index (κ2) is 3.57. The molecule has 0 aliphatic rings. The van der Waals surface area contributed by atoms with Crippen molar-refractivity contribution in [1.82, 2.24) is 4.98 Å². The fourth-order valence-electron chi connectivity index (χ4n) is 1.35. The molecule has 1 aromatic heterocycles. The highest BCUT2D eigenvalue weighted by Gasteiger charge is 2.05. The van der Waals surface area contributed by atoms with Gasteiger partial charge >= 0.3 is 0 Å². The van der Waals surface area contributed by atoms with Crippen LogP contribution in [0.4, 0.5) is 15.8 Å². The van der Waals surface area contributed by atoms with Crippen LogP contribution in [0.3, 0.4) is 0 Å². The molecular weight excluding hydrogens is 193 g/mol. The van der Waals surface area contributed by atoms with Gasteiger partial charge in [0.25, 0.3) is 0 Å². The number of nitrogen functional groups attached to an aromatic ring is 2. The lowest BCUT2D eigenvalue weighted by atomic mass is 10.1. The Hall–Kier alpha value is -2.10. The predicted octanol–water partition coefficient (Wildman–Crippen LogP) is 2.05. The van der Waals surface area contributed by atoms with E-state index in [1.54, 1.807) is 18.3 Å². The summed E-state index contributed by atoms with van der Waals surface area (Å²) in [6.45, 7) is 0. The zero-order valence-electron chi connectivity index (χ0n) is 7.94. The number of benzene rings is 1. The van der Waals surface area contributed by atoms with E-state index in [2.05, 4.69) is 4.98 Å². The van der Waals surface area contributed by atoms with E-state index in [1.807, 2.05) is 0 Å². The van der Waals surface area contributed by atoms with Crippen molar-refractivity contribution >= 4 is 11.4 Å². The van der Waals surface area contributed by atoms with E-state index < -0.39 is 0 Å². The first-order valence-corrected chi connectivity index (χ1v) is 4.43. The van der Waals surface area contributed by atoms with Gasteiger partial charge in [0.2, 0.25) is 0 Å². The molecule has 4 heteroatoms. The van der Waals surface area contributed by atoms with E-state index in [1.165, 1.54) is 18.3 Å². The number of anilines is 2. The molecule has 0 fully saturated rings. The van der Waals surface area contributed by atoms with Gasteiger partial charge in [-0.05, 0) is 17.7 Å². The van der Waals surface area contributed by atoms with Crippen LogP contribution in [0, 0.1) is 5.82 Å². The molecule has 1 aromatic carbocycles. The van der Waals surface area contributed by atoms with Crippen molar-refractivity contribution < 1.29 is 4.39 Å². The molecule has 0 radical (unpaired) electrons. The fraction of sp³-hybridized carbons (Fsp3) is 0. The molecule has 0 spiro atoms. The first kappa shape index (κ1) is 9.45. The maximum Gasteiger partial charge on any atom is 0.123 e. The van der Waals surface area contributed by atoms with E-state index >= 15 is 0 Å². The monoisotopic (exact) mass is 203 g/mol. The van der Waals surface area contributed by atoms with Gasteiger partial charge in [0, 0.05) is 11.8 Å². The van der Waals surface area contributed by atoms with E-state index in [4.69, 9.17) is 11.5 Å². The average Bonchev–Trinajstić information content (AvgIpc) is 2.24. The molecule has 15 heavy (non-hydrogen) atoms. The van der Waals surface area contributed by atoms with Crippen LogP contribution in [-0.4, -0.2) is 4.98 Å². The number of nitrogens with two attached hydrogens (primary N) is 2. The van der Waals surface area contributed by atoms with Crippen LogP contribution in [0.15, 0.2) is 36.7 Å². The maximum absolute atomic E-state index is 12.7. The van der Waals surface area contributed by atoms with Crippen molar-refractivity contribution in [3.8, 4) is 11.1 Å². The van der Waals surface area contributed by atoms with Gasteiger partial charge in [0.15, 0.2) is 0 Å². The van der Waals surface area contributed by atoms with Crippen molar-refractivity contribution in [1.29, 1.82) is 0 Å². The Morgan fingerprint density at radius 3 is 2.33 bits per heavy atom. The summed E-state index contributed by atoms with van der Waals surface area (Å²) in [5.74, 6) is -0.283. The number of rotatable bonds is 1. The summed E-state index contributed by atoms with van der Waals surface area (Å²) < 4.78 is 12.7. The molecule has 76 valence electrons. The summed E-state index contributed by atoms with van der Waals surface area (Å²) in [6, 6.07) is 6.03. The lowest BCUT2D eigenvalue weighted by molar-refractivity contribution is 0.628. The quantitative estimate of drug-likeness (QED) is 0.745. The minimum absolute atomic E-state index is 0.283. The Bertz CT molecular complexity index is 480. The zero-order chi connectivity index (χ0) is 10.8. The van der Waals surface area contributed by atoms with E-state index in [0.717, 1.165) is 11.1 Å². The number of pyridine rings is 1. The molecule has 4 N–H and O–H groups in total. The van der Waals surface area contributed by atoms with Gasteiger partial charge in [-0.1, -0.05) is 12.1 Å². The van der Waals surface area contributed by atoms with E-state index in [0.29, 0.717) is 11.4 Å². The van der Waals surface area contributed by atoms with E-state index in [9.17, 15) is 4.39 Å². The smallest absolute Gasteiger partial charge is 0.123 e. The minimum Gasteiger partial charge on any atom is -0.396 e. The molecule has 0 unspecified atom stereocenters. The largest absolute Gasteiger partial charge is 0.396 e. The summed E-state index contributed by atoms with van der Waals surface area (Å²) in [6.07, 6.45) is 3.10. The zero-order valence-corrected chi connectivity index (χ0v) is 7.94. The molecule has 0 amide bonds. The predicted molar refractivity (Wildman–Crippen MR) is 58.5 cm³/mol. The molecule has 3 nitrogen and oxygen atoms in total. The van der Waals surface area contributed by atoms with Crippen molar-refractivity contribution in [3.63, 3.8) is 0 Å². The number of hydrogen-bond acceptors (Lipinski definition) is 3. The molecule has 0 bridgehead atoms. The Morgan fingerprint density at radius 2 is 1.67 bits per heavy atom. The highest BCUT2D eigenvalue weighted by Crippen LogP contribution is 2.28. The first-order valence-electron chi connectivity index (χ1n) is 4.43. The average molecular weight is 203 g/mol.